The van der Waals surface area contributed by atoms with Crippen molar-refractivity contribution >= 4 is 30.0 Å². The molecule has 0 unspecified atom stereocenters. The van der Waals surface area contributed by atoms with Gasteiger partial charge in [-0.3, -0.25) is 14.4 Å². The van der Waals surface area contributed by atoms with E-state index < -0.39 is 36.4 Å². The van der Waals surface area contributed by atoms with Gasteiger partial charge in [-0.2, -0.15) is 0 Å². The van der Waals surface area contributed by atoms with Crippen molar-refractivity contribution < 1.29 is 39.6 Å². The molecule has 1 aromatic rings. The minimum Gasteiger partial charge on any atom is -0.481 e. The van der Waals surface area contributed by atoms with Crippen molar-refractivity contribution in [2.24, 2.45) is 0 Å². The number of amides is 1. The molecule has 1 amide bonds. The number of hydrogen-bond acceptors (Lipinski definition) is 5. The summed E-state index contributed by atoms with van der Waals surface area (Å²) in [6.07, 6.45) is -1.45. The fourth-order valence-electron chi connectivity index (χ4n) is 1.65. The molecule has 0 aliphatic carbocycles. The SMILES string of the molecule is CCN(C=O)c1ccccc1.O=C(O)CC(O)(CC(=O)O)C(=O)O. The van der Waals surface area contributed by atoms with Crippen LogP contribution in [-0.2, 0) is 19.2 Å². The first-order valence-corrected chi connectivity index (χ1v) is 6.82. The minimum absolute atomic E-state index is 0.716. The monoisotopic (exact) mass is 341 g/mol. The molecule has 0 atom stereocenters. The number of aliphatic carboxylic acids is 3. The van der Waals surface area contributed by atoms with E-state index in [9.17, 15) is 19.2 Å². The summed E-state index contributed by atoms with van der Waals surface area (Å²) in [6.45, 7) is 2.66. The Bertz CT molecular complexity index is 556. The number of nitrogens with zero attached hydrogens (tertiary/aromatic N) is 1. The fourth-order valence-corrected chi connectivity index (χ4v) is 1.65. The average molecular weight is 341 g/mol. The molecular formula is C15H19NO8. The quantitative estimate of drug-likeness (QED) is 0.496. The van der Waals surface area contributed by atoms with Gasteiger partial charge in [-0.25, -0.2) is 4.79 Å². The lowest BCUT2D eigenvalue weighted by Gasteiger charge is -2.18. The lowest BCUT2D eigenvalue weighted by molar-refractivity contribution is -0.170. The zero-order chi connectivity index (χ0) is 18.8. The van der Waals surface area contributed by atoms with Crippen molar-refractivity contribution in [2.75, 3.05) is 11.4 Å². The average Bonchev–Trinajstić information content (AvgIpc) is 2.48. The van der Waals surface area contributed by atoms with Crippen LogP contribution in [0.4, 0.5) is 5.69 Å². The molecule has 0 aromatic heterocycles. The first-order chi connectivity index (χ1) is 11.2. The third-order valence-corrected chi connectivity index (χ3v) is 2.84. The Labute approximate surface area is 137 Å². The van der Waals surface area contributed by atoms with Crippen molar-refractivity contribution in [3.8, 4) is 0 Å². The molecule has 1 rings (SSSR count). The van der Waals surface area contributed by atoms with Crippen LogP contribution in [0.25, 0.3) is 0 Å². The first kappa shape index (κ1) is 21.1. The third kappa shape index (κ3) is 7.36. The summed E-state index contributed by atoms with van der Waals surface area (Å²) in [6, 6.07) is 9.60. The molecule has 0 spiro atoms. The molecule has 9 nitrogen and oxygen atoms in total. The molecule has 132 valence electrons. The number of carbonyl (C=O) groups is 4. The number of rotatable bonds is 8. The van der Waals surface area contributed by atoms with Crippen LogP contribution >= 0.6 is 0 Å². The molecule has 0 saturated carbocycles. The molecule has 0 aliphatic rings. The van der Waals surface area contributed by atoms with E-state index in [1.54, 1.807) is 4.90 Å². The number of benzene rings is 1. The molecule has 4 N–H and O–H groups in total. The van der Waals surface area contributed by atoms with Gasteiger partial charge in [0.2, 0.25) is 6.41 Å². The van der Waals surface area contributed by atoms with Crippen molar-refractivity contribution in [1.82, 2.24) is 0 Å². The Morgan fingerprint density at radius 3 is 1.79 bits per heavy atom. The van der Waals surface area contributed by atoms with E-state index in [1.807, 2.05) is 37.3 Å². The van der Waals surface area contributed by atoms with Gasteiger partial charge in [-0.15, -0.1) is 0 Å². The number of para-hydroxylation sites is 1. The summed E-state index contributed by atoms with van der Waals surface area (Å²) in [5.41, 5.74) is -1.79. The van der Waals surface area contributed by atoms with E-state index in [-0.39, 0.29) is 0 Å². The van der Waals surface area contributed by atoms with Gasteiger partial charge in [-0.1, -0.05) is 18.2 Å². The Hall–Kier alpha value is -2.94. The molecule has 0 heterocycles. The standard InChI is InChI=1S/C9H11NO.C6H8O7/c1-2-10(8-11)9-6-4-3-5-7-9;7-3(8)1-6(13,5(11)12)2-4(9)10/h3-8H,2H2,1H3;13H,1-2H2,(H,7,8)(H,9,10)(H,11,12). The Kier molecular flexibility index (Phi) is 8.73. The van der Waals surface area contributed by atoms with E-state index in [2.05, 4.69) is 0 Å². The highest BCUT2D eigenvalue weighted by molar-refractivity contribution is 5.88. The second-order valence-electron chi connectivity index (χ2n) is 4.70. The smallest absolute Gasteiger partial charge is 0.336 e. The summed E-state index contributed by atoms with van der Waals surface area (Å²) in [4.78, 5) is 42.6. The fraction of sp³-hybridized carbons (Fsp3) is 0.333. The van der Waals surface area contributed by atoms with E-state index in [4.69, 9.17) is 20.4 Å². The number of aliphatic hydroxyl groups is 1. The molecule has 0 fully saturated rings. The maximum absolute atomic E-state index is 10.5. The van der Waals surface area contributed by atoms with Crippen molar-refractivity contribution in [3.63, 3.8) is 0 Å². The molecule has 0 aliphatic heterocycles. The molecule has 1 aromatic carbocycles. The lowest BCUT2D eigenvalue weighted by Crippen LogP contribution is -2.42. The lowest BCUT2D eigenvalue weighted by atomic mass is 9.96. The van der Waals surface area contributed by atoms with E-state index >= 15 is 0 Å². The second-order valence-corrected chi connectivity index (χ2v) is 4.70. The summed E-state index contributed by atoms with van der Waals surface area (Å²) in [5, 5.41) is 33.8. The highest BCUT2D eigenvalue weighted by atomic mass is 16.4. The van der Waals surface area contributed by atoms with Crippen LogP contribution in [0.1, 0.15) is 19.8 Å². The van der Waals surface area contributed by atoms with Gasteiger partial charge in [-0.05, 0) is 19.1 Å². The summed E-state index contributed by atoms with van der Waals surface area (Å²) in [5.74, 6) is -5.02. The van der Waals surface area contributed by atoms with Gasteiger partial charge in [0.15, 0.2) is 5.60 Å². The molecular weight excluding hydrogens is 322 g/mol. The number of carboxylic acids is 3. The maximum atomic E-state index is 10.5. The zero-order valence-corrected chi connectivity index (χ0v) is 13.0. The van der Waals surface area contributed by atoms with Crippen LogP contribution in [-0.4, -0.2) is 56.9 Å². The summed E-state index contributed by atoms with van der Waals surface area (Å²) in [7, 11) is 0. The van der Waals surface area contributed by atoms with Crippen LogP contribution in [0.3, 0.4) is 0 Å². The number of carboxylic acid groups (broad SMARTS) is 3. The Morgan fingerprint density at radius 2 is 1.50 bits per heavy atom. The normalized spacial score (nSPS) is 10.1. The molecule has 0 radical (unpaired) electrons. The molecule has 0 bridgehead atoms. The second kappa shape index (κ2) is 9.95. The predicted molar refractivity (Wildman–Crippen MR) is 82.6 cm³/mol. The van der Waals surface area contributed by atoms with Crippen LogP contribution in [0.15, 0.2) is 30.3 Å². The summed E-state index contributed by atoms with van der Waals surface area (Å²) < 4.78 is 0. The Balaban J connectivity index is 0.000000446. The topological polar surface area (TPSA) is 152 Å². The van der Waals surface area contributed by atoms with E-state index in [0.717, 1.165) is 12.1 Å². The third-order valence-electron chi connectivity index (χ3n) is 2.84. The largest absolute Gasteiger partial charge is 0.481 e. The number of carbonyl (C=O) groups excluding carboxylic acids is 1. The maximum Gasteiger partial charge on any atom is 0.336 e. The van der Waals surface area contributed by atoms with Crippen LogP contribution in [0, 0.1) is 0 Å². The van der Waals surface area contributed by atoms with Gasteiger partial charge in [0.1, 0.15) is 0 Å². The van der Waals surface area contributed by atoms with Crippen LogP contribution < -0.4 is 4.90 Å². The van der Waals surface area contributed by atoms with Crippen molar-refractivity contribution in [1.29, 1.82) is 0 Å². The van der Waals surface area contributed by atoms with Crippen molar-refractivity contribution in [2.45, 2.75) is 25.4 Å². The minimum atomic E-state index is -2.74. The number of hydrogen-bond donors (Lipinski definition) is 4. The van der Waals surface area contributed by atoms with Crippen LogP contribution in [0.5, 0.6) is 0 Å². The molecule has 24 heavy (non-hydrogen) atoms. The van der Waals surface area contributed by atoms with Crippen molar-refractivity contribution in [3.05, 3.63) is 30.3 Å². The van der Waals surface area contributed by atoms with Gasteiger partial charge in [0, 0.05) is 12.2 Å². The predicted octanol–water partition coefficient (Wildman–Crippen LogP) is 0.421. The van der Waals surface area contributed by atoms with Crippen LogP contribution in [0.2, 0.25) is 0 Å². The van der Waals surface area contributed by atoms with Gasteiger partial charge in [0.05, 0.1) is 12.8 Å². The van der Waals surface area contributed by atoms with Gasteiger partial charge >= 0.3 is 17.9 Å². The molecule has 9 heteroatoms. The first-order valence-electron chi connectivity index (χ1n) is 6.82. The highest BCUT2D eigenvalue weighted by Gasteiger charge is 2.40. The summed E-state index contributed by atoms with van der Waals surface area (Å²) >= 11 is 0. The van der Waals surface area contributed by atoms with Gasteiger partial charge in [0.25, 0.3) is 0 Å². The van der Waals surface area contributed by atoms with E-state index in [0.29, 0.717) is 6.54 Å². The zero-order valence-electron chi connectivity index (χ0n) is 13.0. The Morgan fingerprint density at radius 1 is 1.04 bits per heavy atom. The molecule has 0 saturated heterocycles. The van der Waals surface area contributed by atoms with Gasteiger partial charge < -0.3 is 25.3 Å². The highest BCUT2D eigenvalue weighted by Crippen LogP contribution is 2.15. The van der Waals surface area contributed by atoms with E-state index in [1.165, 1.54) is 0 Å². The number of anilines is 1.